The minimum absolute atomic E-state index is 0.291. The lowest BCUT2D eigenvalue weighted by Crippen LogP contribution is -2.40. The fourth-order valence-corrected chi connectivity index (χ4v) is 2.19. The summed E-state index contributed by atoms with van der Waals surface area (Å²) in [6, 6.07) is 6.60. The third-order valence-electron chi connectivity index (χ3n) is 3.29. The Bertz CT molecular complexity index is 720. The van der Waals surface area contributed by atoms with Crippen LogP contribution in [0, 0.1) is 0 Å². The van der Waals surface area contributed by atoms with Crippen molar-refractivity contribution in [1.82, 2.24) is 10.3 Å². The van der Waals surface area contributed by atoms with Crippen LogP contribution < -0.4 is 5.32 Å². The first-order chi connectivity index (χ1) is 10.4. The minimum atomic E-state index is -0.928. The molecule has 6 heteroatoms. The van der Waals surface area contributed by atoms with Gasteiger partial charge < -0.3 is 15.0 Å². The van der Waals surface area contributed by atoms with Crippen LogP contribution in [-0.4, -0.2) is 34.8 Å². The van der Waals surface area contributed by atoms with Gasteiger partial charge in [-0.3, -0.25) is 9.59 Å². The molecule has 2 aromatic rings. The molecule has 0 saturated heterocycles. The molecule has 0 fully saturated rings. The highest BCUT2D eigenvalue weighted by atomic mass is 16.5. The van der Waals surface area contributed by atoms with E-state index in [1.165, 1.54) is 20.8 Å². The van der Waals surface area contributed by atoms with Gasteiger partial charge in [0.2, 0.25) is 11.7 Å². The van der Waals surface area contributed by atoms with Crippen LogP contribution in [0.1, 0.15) is 31.1 Å². The molecule has 0 radical (unpaired) electrons. The summed E-state index contributed by atoms with van der Waals surface area (Å²) in [5, 5.41) is 3.20. The van der Waals surface area contributed by atoms with Gasteiger partial charge in [-0.25, -0.2) is 4.79 Å². The lowest BCUT2D eigenvalue weighted by molar-refractivity contribution is -0.149. The first-order valence-corrected chi connectivity index (χ1v) is 6.98. The van der Waals surface area contributed by atoms with E-state index < -0.39 is 18.1 Å². The Hall–Kier alpha value is -2.63. The second-order valence-corrected chi connectivity index (χ2v) is 5.11. The third-order valence-corrected chi connectivity index (χ3v) is 3.29. The Morgan fingerprint density at radius 3 is 2.55 bits per heavy atom. The standard InChI is InChI=1S/C16H18N2O4/c1-9(18-11(3)19)16(21)22-10(2)15(20)13-8-17-14-7-5-4-6-12(13)14/h4-10,17H,1-3H3,(H,18,19)/t9-,10+/m0/s1. The number of aromatic nitrogens is 1. The van der Waals surface area contributed by atoms with Crippen molar-refractivity contribution in [3.63, 3.8) is 0 Å². The maximum atomic E-state index is 12.4. The highest BCUT2D eigenvalue weighted by Crippen LogP contribution is 2.20. The summed E-state index contributed by atoms with van der Waals surface area (Å²) in [5.41, 5.74) is 1.32. The summed E-state index contributed by atoms with van der Waals surface area (Å²) in [7, 11) is 0. The van der Waals surface area contributed by atoms with Crippen LogP contribution >= 0.6 is 0 Å². The lowest BCUT2D eigenvalue weighted by Gasteiger charge is -2.16. The number of benzene rings is 1. The number of ether oxygens (including phenoxy) is 1. The van der Waals surface area contributed by atoms with Crippen LogP contribution in [0.15, 0.2) is 30.5 Å². The number of rotatable bonds is 5. The summed E-state index contributed by atoms with van der Waals surface area (Å²) in [4.78, 5) is 38.2. The van der Waals surface area contributed by atoms with Gasteiger partial charge in [0.1, 0.15) is 6.04 Å². The fraction of sp³-hybridized carbons (Fsp3) is 0.312. The number of carbonyl (C=O) groups excluding carboxylic acids is 3. The number of nitrogens with one attached hydrogen (secondary N) is 2. The largest absolute Gasteiger partial charge is 0.453 e. The first kappa shape index (κ1) is 15.8. The molecule has 1 amide bonds. The summed E-state index contributed by atoms with van der Waals surface area (Å²) >= 11 is 0. The van der Waals surface area contributed by atoms with Crippen molar-refractivity contribution in [2.24, 2.45) is 0 Å². The number of H-pyrrole nitrogens is 1. The fourth-order valence-electron chi connectivity index (χ4n) is 2.19. The van der Waals surface area contributed by atoms with Crippen molar-refractivity contribution in [2.45, 2.75) is 32.9 Å². The summed E-state index contributed by atoms with van der Waals surface area (Å²) < 4.78 is 5.13. The lowest BCUT2D eigenvalue weighted by atomic mass is 10.1. The molecule has 1 heterocycles. The van der Waals surface area contributed by atoms with E-state index in [1.54, 1.807) is 6.20 Å². The monoisotopic (exact) mass is 302 g/mol. The van der Waals surface area contributed by atoms with Crippen molar-refractivity contribution in [3.8, 4) is 0 Å². The zero-order chi connectivity index (χ0) is 16.3. The van der Waals surface area contributed by atoms with Gasteiger partial charge in [-0.1, -0.05) is 18.2 Å². The van der Waals surface area contributed by atoms with E-state index >= 15 is 0 Å². The molecule has 0 aliphatic heterocycles. The van der Waals surface area contributed by atoms with Crippen molar-refractivity contribution in [2.75, 3.05) is 0 Å². The molecule has 0 aliphatic rings. The Morgan fingerprint density at radius 1 is 1.18 bits per heavy atom. The van der Waals surface area contributed by atoms with Crippen LogP contribution in [0.4, 0.5) is 0 Å². The third kappa shape index (κ3) is 3.33. The second-order valence-electron chi connectivity index (χ2n) is 5.11. The van der Waals surface area contributed by atoms with Gasteiger partial charge in [0.15, 0.2) is 6.10 Å². The molecule has 2 atom stereocenters. The van der Waals surface area contributed by atoms with Gasteiger partial charge in [0.25, 0.3) is 0 Å². The van der Waals surface area contributed by atoms with Crippen LogP contribution in [0.2, 0.25) is 0 Å². The normalized spacial score (nSPS) is 13.4. The quantitative estimate of drug-likeness (QED) is 0.651. The number of fused-ring (bicyclic) bond motifs is 1. The highest BCUT2D eigenvalue weighted by molar-refractivity contribution is 6.10. The molecule has 0 aliphatic carbocycles. The summed E-state index contributed by atoms with van der Waals surface area (Å²) in [6.45, 7) is 4.33. The SMILES string of the molecule is CC(=O)N[C@@H](C)C(=O)O[C@H](C)C(=O)c1c[nH]c2ccccc12. The summed E-state index contributed by atoms with van der Waals surface area (Å²) in [6.07, 6.45) is 0.678. The van der Waals surface area contributed by atoms with Crippen LogP contribution in [0.3, 0.4) is 0 Å². The molecule has 0 saturated carbocycles. The average Bonchev–Trinajstić information content (AvgIpc) is 2.89. The van der Waals surface area contributed by atoms with Gasteiger partial charge in [-0.15, -0.1) is 0 Å². The number of amides is 1. The molecule has 1 aromatic carbocycles. The number of hydrogen-bond acceptors (Lipinski definition) is 4. The highest BCUT2D eigenvalue weighted by Gasteiger charge is 2.24. The maximum Gasteiger partial charge on any atom is 0.329 e. The molecular weight excluding hydrogens is 284 g/mol. The van der Waals surface area contributed by atoms with E-state index in [4.69, 9.17) is 4.74 Å². The predicted molar refractivity (Wildman–Crippen MR) is 81.5 cm³/mol. The Labute approximate surface area is 127 Å². The molecule has 116 valence electrons. The van der Waals surface area contributed by atoms with Crippen molar-refractivity contribution < 1.29 is 19.1 Å². The average molecular weight is 302 g/mol. The van der Waals surface area contributed by atoms with E-state index in [0.717, 1.165) is 10.9 Å². The van der Waals surface area contributed by atoms with E-state index in [1.807, 2.05) is 24.3 Å². The van der Waals surface area contributed by atoms with Gasteiger partial charge >= 0.3 is 5.97 Å². The predicted octanol–water partition coefficient (Wildman–Crippen LogP) is 1.81. The van der Waals surface area contributed by atoms with Crippen LogP contribution in [-0.2, 0) is 14.3 Å². The van der Waals surface area contributed by atoms with E-state index in [2.05, 4.69) is 10.3 Å². The zero-order valence-electron chi connectivity index (χ0n) is 12.7. The Kier molecular flexibility index (Phi) is 4.60. The molecule has 6 nitrogen and oxygen atoms in total. The number of Topliss-reactive ketones (excluding diaryl/α,β-unsaturated/α-hetero) is 1. The molecule has 0 unspecified atom stereocenters. The van der Waals surface area contributed by atoms with Crippen molar-refractivity contribution >= 4 is 28.6 Å². The number of para-hydroxylation sites is 1. The Morgan fingerprint density at radius 2 is 1.86 bits per heavy atom. The minimum Gasteiger partial charge on any atom is -0.453 e. The maximum absolute atomic E-state index is 12.4. The molecular formula is C16H18N2O4. The number of hydrogen-bond donors (Lipinski definition) is 2. The van der Waals surface area contributed by atoms with Gasteiger partial charge in [0.05, 0.1) is 0 Å². The van der Waals surface area contributed by atoms with Gasteiger partial charge in [-0.2, -0.15) is 0 Å². The molecule has 0 spiro atoms. The smallest absolute Gasteiger partial charge is 0.329 e. The Balaban J connectivity index is 2.09. The van der Waals surface area contributed by atoms with Crippen molar-refractivity contribution in [1.29, 1.82) is 0 Å². The van der Waals surface area contributed by atoms with Crippen LogP contribution in [0.25, 0.3) is 10.9 Å². The van der Waals surface area contributed by atoms with E-state index in [9.17, 15) is 14.4 Å². The van der Waals surface area contributed by atoms with E-state index in [-0.39, 0.29) is 11.7 Å². The number of carbonyl (C=O) groups is 3. The summed E-state index contributed by atoms with van der Waals surface area (Å²) in [5.74, 6) is -1.27. The molecule has 0 bridgehead atoms. The second kappa shape index (κ2) is 6.43. The van der Waals surface area contributed by atoms with Gasteiger partial charge in [0, 0.05) is 29.6 Å². The van der Waals surface area contributed by atoms with Crippen molar-refractivity contribution in [3.05, 3.63) is 36.0 Å². The number of ketones is 1. The first-order valence-electron chi connectivity index (χ1n) is 6.98. The molecule has 2 rings (SSSR count). The van der Waals surface area contributed by atoms with Crippen LogP contribution in [0.5, 0.6) is 0 Å². The van der Waals surface area contributed by atoms with Gasteiger partial charge in [-0.05, 0) is 19.9 Å². The molecule has 1 aromatic heterocycles. The van der Waals surface area contributed by atoms with E-state index in [0.29, 0.717) is 5.56 Å². The molecule has 22 heavy (non-hydrogen) atoms. The molecule has 2 N–H and O–H groups in total. The number of aromatic amines is 1. The zero-order valence-corrected chi connectivity index (χ0v) is 12.7. The topological polar surface area (TPSA) is 88.3 Å². The number of esters is 1.